The molecule has 0 aromatic heterocycles. The first-order valence-corrected chi connectivity index (χ1v) is 6.02. The summed E-state index contributed by atoms with van der Waals surface area (Å²) in [4.78, 5) is 11.5. The lowest BCUT2D eigenvalue weighted by atomic mass is 9.98. The van der Waals surface area contributed by atoms with Crippen molar-refractivity contribution in [2.45, 2.75) is 45.1 Å². The monoisotopic (exact) mass is 213 g/mol. The maximum Gasteiger partial charge on any atom is 0.315 e. The standard InChI is InChI=1S/C11H23N3O/c1-2-7-13-11(15)14-10(8-12)9-5-3-4-6-9/h9-10H,2-8,12H2,1H3,(H2,13,14,15). The Labute approximate surface area is 92.0 Å². The van der Waals surface area contributed by atoms with Gasteiger partial charge >= 0.3 is 6.03 Å². The normalized spacial score (nSPS) is 18.8. The third-order valence-electron chi connectivity index (χ3n) is 3.07. The van der Waals surface area contributed by atoms with Crippen molar-refractivity contribution in [2.24, 2.45) is 11.7 Å². The molecule has 1 rings (SSSR count). The van der Waals surface area contributed by atoms with Gasteiger partial charge in [0, 0.05) is 19.1 Å². The summed E-state index contributed by atoms with van der Waals surface area (Å²) < 4.78 is 0. The second-order valence-corrected chi connectivity index (χ2v) is 4.29. The number of amides is 2. The Morgan fingerprint density at radius 3 is 2.67 bits per heavy atom. The van der Waals surface area contributed by atoms with Gasteiger partial charge in [0.25, 0.3) is 0 Å². The minimum absolute atomic E-state index is 0.0702. The van der Waals surface area contributed by atoms with Crippen LogP contribution in [0, 0.1) is 5.92 Å². The number of rotatable bonds is 5. The molecule has 4 nitrogen and oxygen atoms in total. The molecule has 0 aromatic carbocycles. The van der Waals surface area contributed by atoms with Crippen LogP contribution in [0.2, 0.25) is 0 Å². The van der Waals surface area contributed by atoms with Gasteiger partial charge in [-0.1, -0.05) is 19.8 Å². The summed E-state index contributed by atoms with van der Waals surface area (Å²) >= 11 is 0. The lowest BCUT2D eigenvalue weighted by Gasteiger charge is -2.23. The molecule has 1 saturated carbocycles. The van der Waals surface area contributed by atoms with Gasteiger partial charge in [0.2, 0.25) is 0 Å². The number of urea groups is 1. The topological polar surface area (TPSA) is 67.2 Å². The first-order valence-electron chi connectivity index (χ1n) is 6.02. The smallest absolute Gasteiger partial charge is 0.315 e. The molecule has 1 atom stereocenters. The summed E-state index contributed by atoms with van der Waals surface area (Å²) in [5.74, 6) is 0.586. The molecule has 1 aliphatic rings. The van der Waals surface area contributed by atoms with Crippen molar-refractivity contribution in [1.29, 1.82) is 0 Å². The van der Waals surface area contributed by atoms with Gasteiger partial charge in [-0.3, -0.25) is 0 Å². The van der Waals surface area contributed by atoms with E-state index in [1.54, 1.807) is 0 Å². The molecule has 1 aliphatic carbocycles. The zero-order valence-corrected chi connectivity index (χ0v) is 9.59. The van der Waals surface area contributed by atoms with E-state index < -0.39 is 0 Å². The molecule has 0 heterocycles. The van der Waals surface area contributed by atoms with E-state index in [-0.39, 0.29) is 12.1 Å². The molecule has 4 N–H and O–H groups in total. The molecule has 0 spiro atoms. The van der Waals surface area contributed by atoms with Crippen molar-refractivity contribution in [2.75, 3.05) is 13.1 Å². The number of nitrogens with one attached hydrogen (secondary N) is 2. The van der Waals surface area contributed by atoms with Crippen LogP contribution >= 0.6 is 0 Å². The highest BCUT2D eigenvalue weighted by molar-refractivity contribution is 5.74. The minimum Gasteiger partial charge on any atom is -0.338 e. The Kier molecular flexibility index (Phi) is 5.47. The molecule has 15 heavy (non-hydrogen) atoms. The van der Waals surface area contributed by atoms with E-state index in [4.69, 9.17) is 5.73 Å². The number of carbonyl (C=O) groups excluding carboxylic acids is 1. The van der Waals surface area contributed by atoms with Crippen LogP contribution in [0.5, 0.6) is 0 Å². The molecule has 0 saturated heterocycles. The summed E-state index contributed by atoms with van der Waals surface area (Å²) in [6.07, 6.45) is 5.93. The summed E-state index contributed by atoms with van der Waals surface area (Å²) in [5, 5.41) is 5.78. The maximum atomic E-state index is 11.5. The van der Waals surface area contributed by atoms with Gasteiger partial charge in [-0.2, -0.15) is 0 Å². The quantitative estimate of drug-likeness (QED) is 0.642. The summed E-state index contributed by atoms with van der Waals surface area (Å²) in [7, 11) is 0. The number of nitrogens with two attached hydrogens (primary N) is 1. The fraction of sp³-hybridized carbons (Fsp3) is 0.909. The van der Waals surface area contributed by atoms with Crippen LogP contribution in [-0.4, -0.2) is 25.2 Å². The first-order chi connectivity index (χ1) is 7.27. The van der Waals surface area contributed by atoms with Crippen molar-refractivity contribution in [1.82, 2.24) is 10.6 Å². The highest BCUT2D eigenvalue weighted by Crippen LogP contribution is 2.27. The minimum atomic E-state index is -0.0702. The van der Waals surface area contributed by atoms with Crippen LogP contribution in [0.4, 0.5) is 4.79 Å². The molecule has 0 aliphatic heterocycles. The molecule has 88 valence electrons. The maximum absolute atomic E-state index is 11.5. The van der Waals surface area contributed by atoms with Crippen LogP contribution in [0.15, 0.2) is 0 Å². The molecule has 1 unspecified atom stereocenters. The van der Waals surface area contributed by atoms with Crippen molar-refractivity contribution in [3.8, 4) is 0 Å². The molecule has 0 aromatic rings. The Morgan fingerprint density at radius 1 is 1.47 bits per heavy atom. The van der Waals surface area contributed by atoms with Crippen LogP contribution < -0.4 is 16.4 Å². The van der Waals surface area contributed by atoms with Gasteiger partial charge in [0.15, 0.2) is 0 Å². The van der Waals surface area contributed by atoms with Crippen molar-refractivity contribution in [3.63, 3.8) is 0 Å². The predicted molar refractivity (Wildman–Crippen MR) is 61.6 cm³/mol. The molecule has 4 heteroatoms. The Hall–Kier alpha value is -0.770. The molecule has 2 amide bonds. The van der Waals surface area contributed by atoms with E-state index in [0.717, 1.165) is 13.0 Å². The summed E-state index contributed by atoms with van der Waals surface area (Å²) in [5.41, 5.74) is 5.69. The Morgan fingerprint density at radius 2 is 2.13 bits per heavy atom. The van der Waals surface area contributed by atoms with E-state index in [1.807, 2.05) is 6.92 Å². The van der Waals surface area contributed by atoms with Gasteiger partial charge in [0.1, 0.15) is 0 Å². The largest absolute Gasteiger partial charge is 0.338 e. The zero-order chi connectivity index (χ0) is 11.1. The van der Waals surface area contributed by atoms with Crippen molar-refractivity contribution in [3.05, 3.63) is 0 Å². The molecule has 0 radical (unpaired) electrons. The van der Waals surface area contributed by atoms with Gasteiger partial charge in [0.05, 0.1) is 0 Å². The second kappa shape index (κ2) is 6.67. The SMILES string of the molecule is CCCNC(=O)NC(CN)C1CCCC1. The Bertz CT molecular complexity index is 190. The second-order valence-electron chi connectivity index (χ2n) is 4.29. The highest BCUT2D eigenvalue weighted by atomic mass is 16.2. The van der Waals surface area contributed by atoms with Crippen LogP contribution in [-0.2, 0) is 0 Å². The van der Waals surface area contributed by atoms with Gasteiger partial charge in [-0.05, 0) is 25.2 Å². The molecule has 1 fully saturated rings. The lowest BCUT2D eigenvalue weighted by molar-refractivity contribution is 0.231. The number of hydrogen-bond donors (Lipinski definition) is 3. The molecule has 0 bridgehead atoms. The first kappa shape index (κ1) is 12.3. The predicted octanol–water partition coefficient (Wildman–Crippen LogP) is 1.21. The fourth-order valence-corrected chi connectivity index (χ4v) is 2.19. The molecular weight excluding hydrogens is 190 g/mol. The summed E-state index contributed by atoms with van der Waals surface area (Å²) in [6.45, 7) is 3.32. The average Bonchev–Trinajstić information content (AvgIpc) is 2.76. The van der Waals surface area contributed by atoms with E-state index in [0.29, 0.717) is 12.5 Å². The fourth-order valence-electron chi connectivity index (χ4n) is 2.19. The Balaban J connectivity index is 2.28. The van der Waals surface area contributed by atoms with Gasteiger partial charge < -0.3 is 16.4 Å². The van der Waals surface area contributed by atoms with Crippen LogP contribution in [0.3, 0.4) is 0 Å². The molecular formula is C11H23N3O. The average molecular weight is 213 g/mol. The van der Waals surface area contributed by atoms with Crippen LogP contribution in [0.25, 0.3) is 0 Å². The highest BCUT2D eigenvalue weighted by Gasteiger charge is 2.24. The summed E-state index contributed by atoms with van der Waals surface area (Å²) in [6, 6.07) is 0.0866. The van der Waals surface area contributed by atoms with Crippen LogP contribution in [0.1, 0.15) is 39.0 Å². The van der Waals surface area contributed by atoms with E-state index >= 15 is 0 Å². The van der Waals surface area contributed by atoms with E-state index in [2.05, 4.69) is 10.6 Å². The van der Waals surface area contributed by atoms with Crippen molar-refractivity contribution < 1.29 is 4.79 Å². The lowest BCUT2D eigenvalue weighted by Crippen LogP contribution is -2.48. The van der Waals surface area contributed by atoms with E-state index in [1.165, 1.54) is 25.7 Å². The zero-order valence-electron chi connectivity index (χ0n) is 9.59. The number of carbonyl (C=O) groups is 1. The number of hydrogen-bond acceptors (Lipinski definition) is 2. The van der Waals surface area contributed by atoms with Gasteiger partial charge in [-0.25, -0.2) is 4.79 Å². The van der Waals surface area contributed by atoms with Gasteiger partial charge in [-0.15, -0.1) is 0 Å². The third kappa shape index (κ3) is 4.08. The third-order valence-corrected chi connectivity index (χ3v) is 3.07. The van der Waals surface area contributed by atoms with Crippen molar-refractivity contribution >= 4 is 6.03 Å². The van der Waals surface area contributed by atoms with E-state index in [9.17, 15) is 4.79 Å².